The summed E-state index contributed by atoms with van der Waals surface area (Å²) in [5.74, 6) is -0.326. The van der Waals surface area contributed by atoms with Gasteiger partial charge in [0, 0.05) is 12.0 Å². The third-order valence-corrected chi connectivity index (χ3v) is 5.27. The number of hydrogen-bond acceptors (Lipinski definition) is 4. The van der Waals surface area contributed by atoms with Crippen LogP contribution in [0.5, 0.6) is 0 Å². The van der Waals surface area contributed by atoms with Gasteiger partial charge in [-0.15, -0.1) is 0 Å². The molecule has 132 valence electrons. The van der Waals surface area contributed by atoms with Crippen LogP contribution in [0, 0.1) is 6.92 Å². The predicted octanol–water partition coefficient (Wildman–Crippen LogP) is 3.77. The lowest BCUT2D eigenvalue weighted by molar-refractivity contribution is -0.107. The van der Waals surface area contributed by atoms with Gasteiger partial charge < -0.3 is 14.0 Å². The second-order valence-electron chi connectivity index (χ2n) is 7.64. The van der Waals surface area contributed by atoms with Crippen molar-refractivity contribution in [2.24, 2.45) is 0 Å². The van der Waals surface area contributed by atoms with Gasteiger partial charge in [0.25, 0.3) is 0 Å². The number of cyclic esters (lactones) is 1. The van der Waals surface area contributed by atoms with Gasteiger partial charge in [0.15, 0.2) is 9.04 Å². The Morgan fingerprint density at radius 2 is 1.88 bits per heavy atom. The minimum absolute atomic E-state index is 0.261. The largest absolute Gasteiger partial charge is 0.429 e. The van der Waals surface area contributed by atoms with E-state index in [9.17, 15) is 9.59 Å². The Hall–Kier alpha value is -1.46. The quantitative estimate of drug-likeness (QED) is 0.462. The molecule has 4 nitrogen and oxygen atoms in total. The highest BCUT2D eigenvalue weighted by molar-refractivity contribution is 6.48. The Bertz CT molecular complexity index is 671. The first-order chi connectivity index (χ1) is 11.1. The normalized spacial score (nSPS) is 17.2. The summed E-state index contributed by atoms with van der Waals surface area (Å²) in [5, 5.41) is 0. The number of fused-ring (bicyclic) bond motifs is 1. The molecular formula is C19H28O4Si. The standard InChI is InChI=1S/C19H28O4Si/c1-8-12-11(2)14-15(17(21)22-18(14)23-24(6)7)16(19(3,4)5)13(12)9-10-20/h10,18,24H,8-9H2,1-7H3. The zero-order valence-electron chi connectivity index (χ0n) is 15.8. The van der Waals surface area contributed by atoms with Crippen molar-refractivity contribution in [2.45, 2.75) is 72.3 Å². The molecule has 0 saturated heterocycles. The number of esters is 1. The molecule has 0 amide bonds. The average Bonchev–Trinajstić information content (AvgIpc) is 2.74. The second kappa shape index (κ2) is 6.80. The van der Waals surface area contributed by atoms with Crippen LogP contribution in [-0.2, 0) is 32.2 Å². The summed E-state index contributed by atoms with van der Waals surface area (Å²) >= 11 is 0. The zero-order valence-corrected chi connectivity index (χ0v) is 16.9. The van der Waals surface area contributed by atoms with Crippen molar-refractivity contribution in [2.75, 3.05) is 0 Å². The maximum Gasteiger partial charge on any atom is 0.341 e. The molecular weight excluding hydrogens is 320 g/mol. The van der Waals surface area contributed by atoms with Crippen LogP contribution in [-0.4, -0.2) is 21.3 Å². The van der Waals surface area contributed by atoms with Crippen LogP contribution < -0.4 is 0 Å². The van der Waals surface area contributed by atoms with E-state index in [4.69, 9.17) is 9.16 Å². The average molecular weight is 349 g/mol. The molecule has 0 spiro atoms. The van der Waals surface area contributed by atoms with Gasteiger partial charge in [0.1, 0.15) is 6.29 Å². The van der Waals surface area contributed by atoms with Gasteiger partial charge in [-0.05, 0) is 54.1 Å². The molecule has 1 unspecified atom stereocenters. The molecule has 1 aromatic carbocycles. The van der Waals surface area contributed by atoms with Crippen molar-refractivity contribution in [3.8, 4) is 0 Å². The molecule has 5 heteroatoms. The monoisotopic (exact) mass is 348 g/mol. The Morgan fingerprint density at radius 3 is 2.33 bits per heavy atom. The molecule has 0 N–H and O–H groups in total. The van der Waals surface area contributed by atoms with Crippen LogP contribution in [0.25, 0.3) is 0 Å². The topological polar surface area (TPSA) is 52.6 Å². The zero-order chi connectivity index (χ0) is 18.2. The first-order valence-corrected chi connectivity index (χ1v) is 11.4. The smallest absolute Gasteiger partial charge is 0.341 e. The highest BCUT2D eigenvalue weighted by atomic mass is 28.3. The van der Waals surface area contributed by atoms with E-state index >= 15 is 0 Å². The summed E-state index contributed by atoms with van der Waals surface area (Å²) < 4.78 is 11.6. The molecule has 0 fully saturated rings. The summed E-state index contributed by atoms with van der Waals surface area (Å²) in [7, 11) is -1.37. The Labute approximate surface area is 146 Å². The summed E-state index contributed by atoms with van der Waals surface area (Å²) in [6.45, 7) is 14.4. The van der Waals surface area contributed by atoms with E-state index in [0.717, 1.165) is 40.5 Å². The van der Waals surface area contributed by atoms with Crippen LogP contribution in [0.2, 0.25) is 13.1 Å². The Balaban J connectivity index is 2.86. The molecule has 1 aliphatic rings. The van der Waals surface area contributed by atoms with Crippen LogP contribution in [0.1, 0.15) is 72.2 Å². The van der Waals surface area contributed by atoms with E-state index in [2.05, 4.69) is 40.8 Å². The molecule has 1 atom stereocenters. The van der Waals surface area contributed by atoms with Gasteiger partial charge in [0.05, 0.1) is 5.56 Å². The van der Waals surface area contributed by atoms with Gasteiger partial charge in [-0.3, -0.25) is 0 Å². The molecule has 24 heavy (non-hydrogen) atoms. The van der Waals surface area contributed by atoms with Crippen LogP contribution in [0.3, 0.4) is 0 Å². The number of benzene rings is 1. The third-order valence-electron chi connectivity index (χ3n) is 4.48. The fraction of sp³-hybridized carbons (Fsp3) is 0.579. The lowest BCUT2D eigenvalue weighted by Crippen LogP contribution is -2.22. The Morgan fingerprint density at radius 1 is 1.25 bits per heavy atom. The molecule has 2 rings (SSSR count). The number of hydrogen-bond donors (Lipinski definition) is 0. The van der Waals surface area contributed by atoms with Crippen LogP contribution in [0.15, 0.2) is 0 Å². The highest BCUT2D eigenvalue weighted by Crippen LogP contribution is 2.44. The molecule has 1 aliphatic heterocycles. The minimum atomic E-state index is -1.37. The van der Waals surface area contributed by atoms with E-state index in [-0.39, 0.29) is 11.4 Å². The number of ether oxygens (including phenoxy) is 1. The summed E-state index contributed by atoms with van der Waals surface area (Å²) in [4.78, 5) is 23.9. The van der Waals surface area contributed by atoms with E-state index in [1.54, 1.807) is 0 Å². The fourth-order valence-electron chi connectivity index (χ4n) is 3.69. The SMILES string of the molecule is CCc1c(C)c2c(c(C(C)(C)C)c1CC=O)C(=O)OC2O[SiH](C)C. The lowest BCUT2D eigenvalue weighted by Gasteiger charge is -2.28. The summed E-state index contributed by atoms with van der Waals surface area (Å²) in [6.07, 6.45) is 1.45. The van der Waals surface area contributed by atoms with Gasteiger partial charge in [0.2, 0.25) is 6.29 Å². The van der Waals surface area contributed by atoms with Crippen molar-refractivity contribution < 1.29 is 18.8 Å². The first kappa shape index (κ1) is 18.9. The molecule has 0 bridgehead atoms. The summed E-state index contributed by atoms with van der Waals surface area (Å²) in [6, 6.07) is 0. The van der Waals surface area contributed by atoms with E-state index in [0.29, 0.717) is 12.0 Å². The third kappa shape index (κ3) is 3.19. The molecule has 0 saturated carbocycles. The number of carbonyl (C=O) groups is 2. The van der Waals surface area contributed by atoms with Gasteiger partial charge in [-0.1, -0.05) is 27.7 Å². The molecule has 0 radical (unpaired) electrons. The number of rotatable bonds is 5. The van der Waals surface area contributed by atoms with Crippen molar-refractivity contribution in [1.29, 1.82) is 0 Å². The van der Waals surface area contributed by atoms with E-state index < -0.39 is 15.3 Å². The maximum atomic E-state index is 12.7. The summed E-state index contributed by atoms with van der Waals surface area (Å²) in [5.41, 5.74) is 5.32. The van der Waals surface area contributed by atoms with Crippen LogP contribution >= 0.6 is 0 Å². The Kier molecular flexibility index (Phi) is 5.35. The molecule has 1 heterocycles. The maximum absolute atomic E-state index is 12.7. The van der Waals surface area contributed by atoms with Crippen molar-refractivity contribution in [3.63, 3.8) is 0 Å². The number of carbonyl (C=O) groups excluding carboxylic acids is 2. The molecule has 0 aliphatic carbocycles. The lowest BCUT2D eigenvalue weighted by atomic mass is 9.75. The minimum Gasteiger partial charge on any atom is -0.429 e. The van der Waals surface area contributed by atoms with Gasteiger partial charge in [-0.2, -0.15) is 0 Å². The number of aldehydes is 1. The van der Waals surface area contributed by atoms with Crippen molar-refractivity contribution in [1.82, 2.24) is 0 Å². The van der Waals surface area contributed by atoms with Gasteiger partial charge in [-0.25, -0.2) is 4.79 Å². The van der Waals surface area contributed by atoms with Gasteiger partial charge >= 0.3 is 5.97 Å². The van der Waals surface area contributed by atoms with Crippen molar-refractivity contribution >= 4 is 21.3 Å². The first-order valence-electron chi connectivity index (χ1n) is 8.62. The molecule has 0 aromatic heterocycles. The highest BCUT2D eigenvalue weighted by Gasteiger charge is 2.41. The van der Waals surface area contributed by atoms with E-state index in [1.165, 1.54) is 0 Å². The van der Waals surface area contributed by atoms with Crippen molar-refractivity contribution in [3.05, 3.63) is 33.4 Å². The van der Waals surface area contributed by atoms with Crippen LogP contribution in [0.4, 0.5) is 0 Å². The van der Waals surface area contributed by atoms with E-state index in [1.807, 2.05) is 6.92 Å². The fourth-order valence-corrected chi connectivity index (χ4v) is 4.38. The molecule has 1 aromatic rings. The second-order valence-corrected chi connectivity index (χ2v) is 10.0. The predicted molar refractivity (Wildman–Crippen MR) is 97.1 cm³/mol.